The number of para-hydroxylation sites is 1. The molecule has 26 heavy (non-hydrogen) atoms. The third kappa shape index (κ3) is 4.08. The summed E-state index contributed by atoms with van der Waals surface area (Å²) in [6.45, 7) is 3.69. The highest BCUT2D eigenvalue weighted by atomic mass is 16.2. The lowest BCUT2D eigenvalue weighted by molar-refractivity contribution is -0.130. The van der Waals surface area contributed by atoms with Crippen LogP contribution in [0.2, 0.25) is 0 Å². The van der Waals surface area contributed by atoms with Crippen molar-refractivity contribution in [1.82, 2.24) is 9.80 Å². The van der Waals surface area contributed by atoms with Gasteiger partial charge in [-0.1, -0.05) is 18.2 Å². The van der Waals surface area contributed by atoms with Gasteiger partial charge in [-0.15, -0.1) is 0 Å². The van der Waals surface area contributed by atoms with Gasteiger partial charge >= 0.3 is 0 Å². The van der Waals surface area contributed by atoms with E-state index in [2.05, 4.69) is 5.32 Å². The zero-order chi connectivity index (χ0) is 18.5. The number of carbonyl (C=O) groups is 3. The van der Waals surface area contributed by atoms with Crippen molar-refractivity contribution in [2.24, 2.45) is 0 Å². The number of anilines is 1. The van der Waals surface area contributed by atoms with Gasteiger partial charge in [0.1, 0.15) is 0 Å². The van der Waals surface area contributed by atoms with Crippen molar-refractivity contribution in [3.05, 3.63) is 65.7 Å². The van der Waals surface area contributed by atoms with Crippen LogP contribution < -0.4 is 5.32 Å². The Labute approximate surface area is 152 Å². The molecule has 3 amide bonds. The smallest absolute Gasteiger partial charge is 0.255 e. The Balaban J connectivity index is 1.61. The Bertz CT molecular complexity index is 795. The van der Waals surface area contributed by atoms with Crippen LogP contribution in [0.25, 0.3) is 0 Å². The Morgan fingerprint density at radius 1 is 0.769 bits per heavy atom. The van der Waals surface area contributed by atoms with Crippen LogP contribution in [-0.4, -0.2) is 53.7 Å². The lowest BCUT2D eigenvalue weighted by Gasteiger charge is -2.34. The number of rotatable bonds is 3. The Hall–Kier alpha value is -3.15. The minimum Gasteiger partial charge on any atom is -0.339 e. The molecule has 0 bridgehead atoms. The van der Waals surface area contributed by atoms with Crippen molar-refractivity contribution in [3.63, 3.8) is 0 Å². The number of hydrogen-bond acceptors (Lipinski definition) is 3. The van der Waals surface area contributed by atoms with Gasteiger partial charge in [-0.25, -0.2) is 0 Å². The summed E-state index contributed by atoms with van der Waals surface area (Å²) < 4.78 is 0. The van der Waals surface area contributed by atoms with Crippen molar-refractivity contribution in [2.45, 2.75) is 6.92 Å². The van der Waals surface area contributed by atoms with E-state index in [1.165, 1.54) is 6.92 Å². The van der Waals surface area contributed by atoms with Crippen LogP contribution in [0, 0.1) is 0 Å². The molecule has 0 spiro atoms. The molecule has 2 aromatic rings. The van der Waals surface area contributed by atoms with Crippen LogP contribution in [0.3, 0.4) is 0 Å². The average Bonchev–Trinajstić information content (AvgIpc) is 2.68. The van der Waals surface area contributed by atoms with Crippen LogP contribution in [0.4, 0.5) is 5.69 Å². The second kappa shape index (κ2) is 7.82. The lowest BCUT2D eigenvalue weighted by Crippen LogP contribution is -2.50. The summed E-state index contributed by atoms with van der Waals surface area (Å²) >= 11 is 0. The highest BCUT2D eigenvalue weighted by molar-refractivity contribution is 6.05. The van der Waals surface area contributed by atoms with Gasteiger partial charge in [-0.05, 0) is 36.4 Å². The summed E-state index contributed by atoms with van der Waals surface area (Å²) in [4.78, 5) is 39.7. The summed E-state index contributed by atoms with van der Waals surface area (Å²) in [5.74, 6) is -0.264. The average molecular weight is 351 g/mol. The Morgan fingerprint density at radius 3 is 1.88 bits per heavy atom. The summed E-state index contributed by atoms with van der Waals surface area (Å²) in [5.41, 5.74) is 1.75. The van der Waals surface area contributed by atoms with Crippen molar-refractivity contribution < 1.29 is 14.4 Å². The van der Waals surface area contributed by atoms with Crippen LogP contribution in [-0.2, 0) is 4.79 Å². The normalized spacial score (nSPS) is 14.0. The molecule has 1 aliphatic rings. The van der Waals surface area contributed by atoms with Crippen molar-refractivity contribution in [3.8, 4) is 0 Å². The third-order valence-corrected chi connectivity index (χ3v) is 4.44. The molecule has 0 aliphatic carbocycles. The van der Waals surface area contributed by atoms with Crippen molar-refractivity contribution in [2.75, 3.05) is 31.5 Å². The molecular weight excluding hydrogens is 330 g/mol. The third-order valence-electron chi connectivity index (χ3n) is 4.44. The van der Waals surface area contributed by atoms with Gasteiger partial charge in [0.2, 0.25) is 5.91 Å². The first-order valence-electron chi connectivity index (χ1n) is 8.56. The number of nitrogens with zero attached hydrogens (tertiary/aromatic N) is 2. The summed E-state index contributed by atoms with van der Waals surface area (Å²) in [6.07, 6.45) is 0. The fraction of sp³-hybridized carbons (Fsp3) is 0.250. The van der Waals surface area contributed by atoms with E-state index in [9.17, 15) is 14.4 Å². The fourth-order valence-electron chi connectivity index (χ4n) is 2.90. The Morgan fingerprint density at radius 2 is 1.31 bits per heavy atom. The monoisotopic (exact) mass is 351 g/mol. The predicted molar refractivity (Wildman–Crippen MR) is 99.0 cm³/mol. The highest BCUT2D eigenvalue weighted by Crippen LogP contribution is 2.13. The molecule has 1 heterocycles. The van der Waals surface area contributed by atoms with Crippen molar-refractivity contribution in [1.29, 1.82) is 0 Å². The highest BCUT2D eigenvalue weighted by Gasteiger charge is 2.23. The first kappa shape index (κ1) is 17.7. The number of amides is 3. The van der Waals surface area contributed by atoms with Crippen LogP contribution >= 0.6 is 0 Å². The summed E-state index contributed by atoms with van der Waals surface area (Å²) in [5, 5.41) is 2.81. The topological polar surface area (TPSA) is 69.7 Å². The molecule has 0 radical (unpaired) electrons. The molecule has 0 unspecified atom stereocenters. The van der Waals surface area contributed by atoms with Gasteiger partial charge < -0.3 is 15.1 Å². The molecule has 3 rings (SSSR count). The maximum atomic E-state index is 12.6. The minimum atomic E-state index is -0.217. The van der Waals surface area contributed by atoms with Gasteiger partial charge in [-0.2, -0.15) is 0 Å². The minimum absolute atomic E-state index is 0.0332. The first-order chi connectivity index (χ1) is 12.5. The molecule has 134 valence electrons. The molecule has 0 saturated carbocycles. The van der Waals surface area contributed by atoms with Crippen molar-refractivity contribution >= 4 is 23.4 Å². The number of hydrogen-bond donors (Lipinski definition) is 1. The van der Waals surface area contributed by atoms with E-state index in [0.29, 0.717) is 37.3 Å². The number of carbonyl (C=O) groups excluding carboxylic acids is 3. The molecule has 1 aliphatic heterocycles. The Kier molecular flexibility index (Phi) is 5.31. The molecule has 2 aromatic carbocycles. The van der Waals surface area contributed by atoms with E-state index in [4.69, 9.17) is 0 Å². The predicted octanol–water partition coefficient (Wildman–Crippen LogP) is 2.24. The maximum absolute atomic E-state index is 12.6. The maximum Gasteiger partial charge on any atom is 0.255 e. The van der Waals surface area contributed by atoms with E-state index in [-0.39, 0.29) is 17.7 Å². The van der Waals surface area contributed by atoms with E-state index in [0.717, 1.165) is 5.69 Å². The summed E-state index contributed by atoms with van der Waals surface area (Å²) in [6, 6.07) is 15.8. The van der Waals surface area contributed by atoms with Crippen LogP contribution in [0.15, 0.2) is 54.6 Å². The molecule has 6 heteroatoms. The molecular formula is C20H21N3O3. The molecule has 0 atom stereocenters. The van der Waals surface area contributed by atoms with E-state index < -0.39 is 0 Å². The molecule has 1 saturated heterocycles. The number of nitrogens with one attached hydrogen (secondary N) is 1. The zero-order valence-electron chi connectivity index (χ0n) is 14.6. The lowest BCUT2D eigenvalue weighted by atomic mass is 10.1. The standard InChI is InChI=1S/C20H21N3O3/c1-15(24)22-11-13-23(14-12-22)20(26)17-9-7-16(8-10-17)19(25)21-18-5-3-2-4-6-18/h2-10H,11-14H2,1H3,(H,21,25). The van der Waals surface area contributed by atoms with E-state index >= 15 is 0 Å². The second-order valence-electron chi connectivity index (χ2n) is 6.20. The molecule has 1 fully saturated rings. The molecule has 0 aromatic heterocycles. The summed E-state index contributed by atoms with van der Waals surface area (Å²) in [7, 11) is 0. The fourth-order valence-corrected chi connectivity index (χ4v) is 2.90. The van der Waals surface area contributed by atoms with Gasteiger partial charge in [0, 0.05) is 49.9 Å². The second-order valence-corrected chi connectivity index (χ2v) is 6.20. The van der Waals surface area contributed by atoms with Crippen LogP contribution in [0.5, 0.6) is 0 Å². The zero-order valence-corrected chi connectivity index (χ0v) is 14.6. The van der Waals surface area contributed by atoms with Gasteiger partial charge in [0.05, 0.1) is 0 Å². The van der Waals surface area contributed by atoms with E-state index in [1.807, 2.05) is 30.3 Å². The first-order valence-corrected chi connectivity index (χ1v) is 8.56. The van der Waals surface area contributed by atoms with Crippen LogP contribution in [0.1, 0.15) is 27.6 Å². The largest absolute Gasteiger partial charge is 0.339 e. The molecule has 1 N–H and O–H groups in total. The number of piperazine rings is 1. The van der Waals surface area contributed by atoms with E-state index in [1.54, 1.807) is 34.1 Å². The van der Waals surface area contributed by atoms with Gasteiger partial charge in [-0.3, -0.25) is 14.4 Å². The number of benzene rings is 2. The molecule has 6 nitrogen and oxygen atoms in total. The quantitative estimate of drug-likeness (QED) is 0.922. The SMILES string of the molecule is CC(=O)N1CCN(C(=O)c2ccc(C(=O)Nc3ccccc3)cc2)CC1. The van der Waals surface area contributed by atoms with Gasteiger partial charge in [0.25, 0.3) is 11.8 Å². The van der Waals surface area contributed by atoms with Gasteiger partial charge in [0.15, 0.2) is 0 Å².